The van der Waals surface area contributed by atoms with Crippen molar-refractivity contribution in [2.75, 3.05) is 0 Å². The monoisotopic (exact) mass is 449 g/mol. The number of aromatic amines is 1. The van der Waals surface area contributed by atoms with E-state index < -0.39 is 0 Å². The molecule has 4 heterocycles. The number of H-pyrrole nitrogens is 1. The van der Waals surface area contributed by atoms with Gasteiger partial charge >= 0.3 is 0 Å². The molecule has 0 radical (unpaired) electrons. The molecule has 172 valence electrons. The molecule has 0 aliphatic heterocycles. The Balaban J connectivity index is 1.52. The summed E-state index contributed by atoms with van der Waals surface area (Å²) in [6.07, 6.45) is 12.5. The Kier molecular flexibility index (Phi) is 6.17. The Bertz CT molecular complexity index is 1420. The first-order valence-electron chi connectivity index (χ1n) is 12.1. The summed E-state index contributed by atoms with van der Waals surface area (Å²) in [7, 11) is 0. The van der Waals surface area contributed by atoms with Crippen molar-refractivity contribution < 1.29 is 0 Å². The Labute approximate surface area is 200 Å². The molecule has 0 bridgehead atoms. The van der Waals surface area contributed by atoms with Crippen molar-refractivity contribution in [3.05, 3.63) is 85.5 Å². The predicted molar refractivity (Wildman–Crippen MR) is 141 cm³/mol. The van der Waals surface area contributed by atoms with Crippen LogP contribution < -0.4 is 5.32 Å². The van der Waals surface area contributed by atoms with Crippen LogP contribution in [0.15, 0.2) is 79.9 Å². The van der Waals surface area contributed by atoms with Crippen molar-refractivity contribution in [2.24, 2.45) is 0 Å². The molecule has 0 aliphatic rings. The molecular formula is C29H31N5. The fraction of sp³-hybridized carbons (Fsp3) is 0.241. The number of hydrogen-bond donors (Lipinski definition) is 2. The molecule has 0 aliphatic carbocycles. The lowest BCUT2D eigenvalue weighted by Crippen LogP contribution is -2.27. The fourth-order valence-corrected chi connectivity index (χ4v) is 4.72. The molecule has 4 aromatic heterocycles. The predicted octanol–water partition coefficient (Wildman–Crippen LogP) is 7.07. The van der Waals surface area contributed by atoms with Crippen LogP contribution in [-0.2, 0) is 0 Å². The maximum atomic E-state index is 4.67. The maximum Gasteiger partial charge on any atom is 0.137 e. The van der Waals surface area contributed by atoms with Crippen LogP contribution in [0.1, 0.15) is 45.1 Å². The lowest BCUT2D eigenvalue weighted by Gasteiger charge is -2.20. The second kappa shape index (κ2) is 9.56. The van der Waals surface area contributed by atoms with Gasteiger partial charge in [-0.05, 0) is 42.2 Å². The van der Waals surface area contributed by atoms with E-state index in [1.54, 1.807) is 0 Å². The molecule has 2 N–H and O–H groups in total. The Morgan fingerprint density at radius 2 is 1.79 bits per heavy atom. The molecule has 0 atom stereocenters. The van der Waals surface area contributed by atoms with E-state index in [9.17, 15) is 0 Å². The molecule has 0 amide bonds. The van der Waals surface area contributed by atoms with Gasteiger partial charge in [0.1, 0.15) is 5.65 Å². The highest BCUT2D eigenvalue weighted by molar-refractivity contribution is 5.96. The van der Waals surface area contributed by atoms with Gasteiger partial charge < -0.3 is 10.3 Å². The number of fused-ring (bicyclic) bond motifs is 2. The third-order valence-corrected chi connectivity index (χ3v) is 6.45. The summed E-state index contributed by atoms with van der Waals surface area (Å²) in [5.41, 5.74) is 8.43. The molecule has 5 rings (SSSR count). The van der Waals surface area contributed by atoms with Crippen molar-refractivity contribution in [3.8, 4) is 22.3 Å². The molecule has 34 heavy (non-hydrogen) atoms. The minimum atomic E-state index is 0.441. The third-order valence-electron chi connectivity index (χ3n) is 6.45. The maximum absolute atomic E-state index is 4.67. The van der Waals surface area contributed by atoms with Crippen molar-refractivity contribution in [2.45, 2.75) is 45.6 Å². The van der Waals surface area contributed by atoms with E-state index in [-0.39, 0.29) is 0 Å². The van der Waals surface area contributed by atoms with Gasteiger partial charge in [0, 0.05) is 52.4 Å². The number of pyridine rings is 2. The quantitative estimate of drug-likeness (QED) is 0.253. The van der Waals surface area contributed by atoms with Gasteiger partial charge in [0.05, 0.1) is 11.7 Å². The van der Waals surface area contributed by atoms with Gasteiger partial charge in [-0.25, -0.2) is 9.50 Å². The van der Waals surface area contributed by atoms with E-state index in [1.807, 2.05) is 35.4 Å². The number of benzene rings is 1. The summed E-state index contributed by atoms with van der Waals surface area (Å²) in [4.78, 5) is 8.01. The number of hydrogen-bond acceptors (Lipinski definition) is 3. The first-order valence-corrected chi connectivity index (χ1v) is 12.1. The van der Waals surface area contributed by atoms with E-state index >= 15 is 0 Å². The van der Waals surface area contributed by atoms with Gasteiger partial charge in [-0.15, -0.1) is 0 Å². The molecule has 0 saturated heterocycles. The van der Waals surface area contributed by atoms with Crippen LogP contribution in [-0.4, -0.2) is 25.6 Å². The van der Waals surface area contributed by atoms with E-state index in [0.717, 1.165) is 75.7 Å². The van der Waals surface area contributed by atoms with Gasteiger partial charge in [-0.1, -0.05) is 63.6 Å². The van der Waals surface area contributed by atoms with Crippen LogP contribution in [0.2, 0.25) is 0 Å². The summed E-state index contributed by atoms with van der Waals surface area (Å²) < 4.78 is 1.92. The zero-order chi connectivity index (χ0) is 23.5. The average Bonchev–Trinajstić information content (AvgIpc) is 3.48. The minimum absolute atomic E-state index is 0.441. The van der Waals surface area contributed by atoms with Crippen LogP contribution >= 0.6 is 0 Å². The van der Waals surface area contributed by atoms with Crippen LogP contribution in [0.3, 0.4) is 0 Å². The minimum Gasteiger partial charge on any atom is -0.382 e. The smallest absolute Gasteiger partial charge is 0.137 e. The fourth-order valence-electron chi connectivity index (χ4n) is 4.72. The molecule has 5 aromatic rings. The van der Waals surface area contributed by atoms with Crippen molar-refractivity contribution in [3.63, 3.8) is 0 Å². The van der Waals surface area contributed by atoms with Crippen LogP contribution in [0.5, 0.6) is 0 Å². The molecular weight excluding hydrogens is 418 g/mol. The van der Waals surface area contributed by atoms with Crippen LogP contribution in [0, 0.1) is 0 Å². The van der Waals surface area contributed by atoms with Crippen molar-refractivity contribution in [1.29, 1.82) is 0 Å². The van der Waals surface area contributed by atoms with Gasteiger partial charge in [-0.3, -0.25) is 0 Å². The van der Waals surface area contributed by atoms with Gasteiger partial charge in [0.25, 0.3) is 0 Å². The normalized spacial score (nSPS) is 11.5. The Hall–Kier alpha value is -3.86. The van der Waals surface area contributed by atoms with Crippen molar-refractivity contribution in [1.82, 2.24) is 24.9 Å². The van der Waals surface area contributed by atoms with Gasteiger partial charge in [-0.2, -0.15) is 5.10 Å². The number of nitrogens with zero attached hydrogens (tertiary/aromatic N) is 3. The van der Waals surface area contributed by atoms with Gasteiger partial charge in [0.15, 0.2) is 0 Å². The Morgan fingerprint density at radius 1 is 1.00 bits per heavy atom. The second-order valence-corrected chi connectivity index (χ2v) is 8.89. The molecule has 5 heteroatoms. The second-order valence-electron chi connectivity index (χ2n) is 8.89. The van der Waals surface area contributed by atoms with Gasteiger partial charge in [0.2, 0.25) is 0 Å². The highest BCUT2D eigenvalue weighted by Crippen LogP contribution is 2.32. The molecule has 0 fully saturated rings. The molecule has 1 aromatic carbocycles. The topological polar surface area (TPSA) is 58.0 Å². The highest BCUT2D eigenvalue weighted by Gasteiger charge is 2.15. The first kappa shape index (κ1) is 22.0. The summed E-state index contributed by atoms with van der Waals surface area (Å²) in [5, 5.41) is 9.34. The zero-order valence-corrected chi connectivity index (χ0v) is 19.9. The Morgan fingerprint density at radius 3 is 2.56 bits per heavy atom. The number of rotatable bonds is 9. The summed E-state index contributed by atoms with van der Waals surface area (Å²) in [6.45, 7) is 8.82. The van der Waals surface area contributed by atoms with Crippen LogP contribution in [0.25, 0.3) is 44.5 Å². The van der Waals surface area contributed by atoms with E-state index in [2.05, 4.69) is 83.3 Å². The van der Waals surface area contributed by atoms with E-state index in [4.69, 9.17) is 0 Å². The SMILES string of the molecule is C=C(NC(CCC)CCC)c1cnn2ccc(-c3c[nH]c4ncc(-c5ccccc5)cc34)cc12. The average molecular weight is 450 g/mol. The molecule has 5 nitrogen and oxygen atoms in total. The highest BCUT2D eigenvalue weighted by atomic mass is 15.2. The third kappa shape index (κ3) is 4.21. The molecule has 0 saturated carbocycles. The molecule has 0 unspecified atom stereocenters. The first-order chi connectivity index (χ1) is 16.7. The van der Waals surface area contributed by atoms with E-state index in [0.29, 0.717) is 6.04 Å². The summed E-state index contributed by atoms with van der Waals surface area (Å²) in [5.74, 6) is 0. The van der Waals surface area contributed by atoms with Crippen molar-refractivity contribution >= 4 is 22.2 Å². The van der Waals surface area contributed by atoms with Crippen LogP contribution in [0.4, 0.5) is 0 Å². The van der Waals surface area contributed by atoms with E-state index in [1.165, 1.54) is 0 Å². The lowest BCUT2D eigenvalue weighted by molar-refractivity contribution is 0.502. The molecule has 0 spiro atoms. The summed E-state index contributed by atoms with van der Waals surface area (Å²) >= 11 is 0. The standard InChI is InChI=1S/C29H31N5/c1-4-9-24(10-5-2)33-20(3)26-19-32-34-14-13-22(16-28(26)34)27-18-31-29-25(27)15-23(17-30-29)21-11-7-6-8-12-21/h6-8,11-19,24,33H,3-5,9-10H2,1-2H3,(H,30,31). The largest absolute Gasteiger partial charge is 0.382 e. The lowest BCUT2D eigenvalue weighted by atomic mass is 10.0. The zero-order valence-electron chi connectivity index (χ0n) is 19.9. The number of nitrogens with one attached hydrogen (secondary N) is 2. The number of aromatic nitrogens is 4. The summed E-state index contributed by atoms with van der Waals surface area (Å²) in [6, 6.07) is 17.3.